The maximum absolute atomic E-state index is 11.2. The molecule has 66 valence electrons. The Labute approximate surface area is 72.2 Å². The molecule has 0 bridgehead atoms. The molecule has 0 aromatic carbocycles. The van der Waals surface area contributed by atoms with Gasteiger partial charge in [0.2, 0.25) is 0 Å². The van der Waals surface area contributed by atoms with Crippen LogP contribution in [0.15, 0.2) is 16.8 Å². The van der Waals surface area contributed by atoms with Crippen LogP contribution in [0, 0.1) is 6.92 Å². The van der Waals surface area contributed by atoms with Crippen molar-refractivity contribution < 1.29 is 4.21 Å². The third-order valence-corrected chi connectivity index (χ3v) is 1.67. The van der Waals surface area contributed by atoms with E-state index in [1.54, 1.807) is 24.9 Å². The van der Waals surface area contributed by atoms with E-state index in [-0.39, 0.29) is 5.95 Å². The Morgan fingerprint density at radius 1 is 1.33 bits per heavy atom. The summed E-state index contributed by atoms with van der Waals surface area (Å²) >= 11 is 0. The van der Waals surface area contributed by atoms with Gasteiger partial charge in [-0.2, -0.15) is 4.36 Å². The van der Waals surface area contributed by atoms with Crippen molar-refractivity contribution >= 4 is 15.7 Å². The molecule has 0 saturated heterocycles. The van der Waals surface area contributed by atoms with Crippen LogP contribution in [-0.2, 0) is 9.73 Å². The SMILES string of the molecule is Cc1cnc(N=S(C)(C)=O)nc1. The van der Waals surface area contributed by atoms with Crippen LogP contribution in [0.2, 0.25) is 0 Å². The van der Waals surface area contributed by atoms with Crippen molar-refractivity contribution in [2.24, 2.45) is 4.36 Å². The molecule has 1 heterocycles. The largest absolute Gasteiger partial charge is 0.257 e. The van der Waals surface area contributed by atoms with Gasteiger partial charge in [0, 0.05) is 34.6 Å². The maximum Gasteiger partial charge on any atom is 0.257 e. The summed E-state index contributed by atoms with van der Waals surface area (Å²) in [6.07, 6.45) is 6.40. The van der Waals surface area contributed by atoms with Gasteiger partial charge in [-0.05, 0) is 12.5 Å². The molecule has 0 aliphatic rings. The smallest absolute Gasteiger partial charge is 0.250 e. The summed E-state index contributed by atoms with van der Waals surface area (Å²) in [5.74, 6) is 0.288. The zero-order valence-corrected chi connectivity index (χ0v) is 8.13. The molecule has 0 radical (unpaired) electrons. The molecule has 4 nitrogen and oxygen atoms in total. The van der Waals surface area contributed by atoms with Crippen LogP contribution in [0.1, 0.15) is 5.56 Å². The fourth-order valence-electron chi connectivity index (χ4n) is 0.630. The summed E-state index contributed by atoms with van der Waals surface area (Å²) in [4.78, 5) is 7.81. The van der Waals surface area contributed by atoms with E-state index in [0.717, 1.165) is 5.56 Å². The zero-order chi connectivity index (χ0) is 9.19. The molecular weight excluding hydrogens is 174 g/mol. The first-order valence-corrected chi connectivity index (χ1v) is 5.76. The highest BCUT2D eigenvalue weighted by atomic mass is 32.2. The van der Waals surface area contributed by atoms with Gasteiger partial charge in [-0.25, -0.2) is 14.2 Å². The van der Waals surface area contributed by atoms with Crippen molar-refractivity contribution in [1.29, 1.82) is 0 Å². The molecule has 0 saturated carbocycles. The molecule has 12 heavy (non-hydrogen) atoms. The van der Waals surface area contributed by atoms with Crippen molar-refractivity contribution in [3.05, 3.63) is 18.0 Å². The second-order valence-corrected chi connectivity index (χ2v) is 5.38. The molecule has 0 amide bonds. The Bertz CT molecular complexity index is 368. The normalized spacial score (nSPS) is 11.2. The van der Waals surface area contributed by atoms with E-state index < -0.39 is 9.73 Å². The summed E-state index contributed by atoms with van der Waals surface area (Å²) in [7, 11) is -2.14. The number of rotatable bonds is 1. The number of aromatic nitrogens is 2. The van der Waals surface area contributed by atoms with Gasteiger partial charge in [-0.1, -0.05) is 0 Å². The van der Waals surface area contributed by atoms with Gasteiger partial charge in [0.25, 0.3) is 5.95 Å². The molecule has 1 aromatic heterocycles. The van der Waals surface area contributed by atoms with Crippen LogP contribution in [-0.4, -0.2) is 26.7 Å². The van der Waals surface area contributed by atoms with Crippen LogP contribution in [0.5, 0.6) is 0 Å². The van der Waals surface area contributed by atoms with Crippen LogP contribution < -0.4 is 0 Å². The fourth-order valence-corrected chi connectivity index (χ4v) is 1.12. The molecule has 0 fully saturated rings. The number of hydrogen-bond acceptors (Lipinski definition) is 4. The van der Waals surface area contributed by atoms with E-state index in [0.29, 0.717) is 0 Å². The predicted molar refractivity (Wildman–Crippen MR) is 48.8 cm³/mol. The van der Waals surface area contributed by atoms with Gasteiger partial charge < -0.3 is 0 Å². The molecule has 1 aromatic rings. The molecular formula is C7H11N3OS. The molecule has 1 rings (SSSR count). The van der Waals surface area contributed by atoms with E-state index in [1.807, 2.05) is 6.92 Å². The van der Waals surface area contributed by atoms with E-state index in [1.165, 1.54) is 0 Å². The first-order chi connectivity index (χ1) is 5.47. The fraction of sp³-hybridized carbons (Fsp3) is 0.429. The van der Waals surface area contributed by atoms with Gasteiger partial charge in [-0.3, -0.25) is 0 Å². The maximum atomic E-state index is 11.2. The first kappa shape index (κ1) is 9.12. The monoisotopic (exact) mass is 185 g/mol. The standard InChI is InChI=1S/C7H11N3OS/c1-6-4-8-7(9-5-6)10-12(2,3)11/h4-5H,1-3H3. The Morgan fingerprint density at radius 2 is 1.83 bits per heavy atom. The quantitative estimate of drug-likeness (QED) is 0.659. The highest BCUT2D eigenvalue weighted by Crippen LogP contribution is 2.04. The number of aryl methyl sites for hydroxylation is 1. The van der Waals surface area contributed by atoms with Crippen LogP contribution in [0.25, 0.3) is 0 Å². The number of hydrogen-bond donors (Lipinski definition) is 0. The number of nitrogens with zero attached hydrogens (tertiary/aromatic N) is 3. The second-order valence-electron chi connectivity index (χ2n) is 2.83. The van der Waals surface area contributed by atoms with Gasteiger partial charge in [0.1, 0.15) is 0 Å². The van der Waals surface area contributed by atoms with Gasteiger partial charge in [-0.15, -0.1) is 0 Å². The minimum Gasteiger partial charge on any atom is -0.250 e. The lowest BCUT2D eigenvalue weighted by atomic mass is 10.4. The van der Waals surface area contributed by atoms with Crippen molar-refractivity contribution in [1.82, 2.24) is 9.97 Å². The predicted octanol–water partition coefficient (Wildman–Crippen LogP) is 1.14. The lowest BCUT2D eigenvalue weighted by Gasteiger charge is -1.94. The highest BCUT2D eigenvalue weighted by molar-refractivity contribution is 7.92. The molecule has 0 N–H and O–H groups in total. The molecule has 0 aliphatic heterocycles. The van der Waals surface area contributed by atoms with Crippen molar-refractivity contribution in [3.8, 4) is 0 Å². The average Bonchev–Trinajstić information content (AvgIpc) is 1.91. The van der Waals surface area contributed by atoms with Gasteiger partial charge >= 0.3 is 0 Å². The Hall–Kier alpha value is -0.970. The summed E-state index contributed by atoms with van der Waals surface area (Å²) in [5.41, 5.74) is 0.965. The van der Waals surface area contributed by atoms with E-state index in [4.69, 9.17) is 0 Å². The zero-order valence-electron chi connectivity index (χ0n) is 7.31. The minimum absolute atomic E-state index is 0.288. The highest BCUT2D eigenvalue weighted by Gasteiger charge is 1.94. The summed E-state index contributed by atoms with van der Waals surface area (Å²) in [6.45, 7) is 1.89. The Balaban J connectivity index is 3.08. The van der Waals surface area contributed by atoms with Gasteiger partial charge in [0.05, 0.1) is 0 Å². The third-order valence-electron chi connectivity index (χ3n) is 1.07. The minimum atomic E-state index is -2.14. The molecule has 0 spiro atoms. The van der Waals surface area contributed by atoms with E-state index >= 15 is 0 Å². The molecule has 0 atom stereocenters. The third kappa shape index (κ3) is 2.96. The van der Waals surface area contributed by atoms with Gasteiger partial charge in [0.15, 0.2) is 0 Å². The van der Waals surface area contributed by atoms with Crippen molar-refractivity contribution in [3.63, 3.8) is 0 Å². The second kappa shape index (κ2) is 3.18. The lowest BCUT2D eigenvalue weighted by molar-refractivity contribution is 0.684. The summed E-state index contributed by atoms with van der Waals surface area (Å²) < 4.78 is 15.0. The Morgan fingerprint density at radius 3 is 2.25 bits per heavy atom. The summed E-state index contributed by atoms with van der Waals surface area (Å²) in [5, 5.41) is 0. The van der Waals surface area contributed by atoms with E-state index in [9.17, 15) is 4.21 Å². The van der Waals surface area contributed by atoms with E-state index in [2.05, 4.69) is 14.3 Å². The molecule has 0 aliphatic carbocycles. The Kier molecular flexibility index (Phi) is 2.42. The van der Waals surface area contributed by atoms with Crippen LogP contribution in [0.3, 0.4) is 0 Å². The lowest BCUT2D eigenvalue weighted by Crippen LogP contribution is -1.91. The first-order valence-electron chi connectivity index (χ1n) is 3.43. The van der Waals surface area contributed by atoms with Crippen molar-refractivity contribution in [2.45, 2.75) is 6.92 Å². The van der Waals surface area contributed by atoms with Crippen molar-refractivity contribution in [2.75, 3.05) is 12.5 Å². The molecule has 0 unspecified atom stereocenters. The average molecular weight is 185 g/mol. The topological polar surface area (TPSA) is 55.2 Å². The molecule has 5 heteroatoms. The van der Waals surface area contributed by atoms with Crippen LogP contribution >= 0.6 is 0 Å². The summed E-state index contributed by atoms with van der Waals surface area (Å²) in [6, 6.07) is 0. The van der Waals surface area contributed by atoms with Crippen LogP contribution in [0.4, 0.5) is 5.95 Å².